The van der Waals surface area contributed by atoms with Gasteiger partial charge in [-0.15, -0.1) is 0 Å². The van der Waals surface area contributed by atoms with Gasteiger partial charge in [0, 0.05) is 39.3 Å². The lowest BCUT2D eigenvalue weighted by Crippen LogP contribution is -2.50. The number of carbonyl (C=O) groups is 1. The monoisotopic (exact) mass is 264 g/mol. The van der Waals surface area contributed by atoms with Crippen LogP contribution in [0.25, 0.3) is 0 Å². The molecule has 0 spiro atoms. The number of carbonyl (C=O) groups excluding carboxylic acids is 1. The first kappa shape index (κ1) is 12.7. The number of piperazine rings is 1. The van der Waals surface area contributed by atoms with Crippen LogP contribution in [0.2, 0.25) is 0 Å². The van der Waals surface area contributed by atoms with Crippen LogP contribution in [0.4, 0.5) is 0 Å². The molecule has 3 heterocycles. The normalized spacial score (nSPS) is 24.8. The van der Waals surface area contributed by atoms with Gasteiger partial charge in [-0.05, 0) is 25.0 Å². The average molecular weight is 264 g/mol. The number of hydrogen-bond acceptors (Lipinski definition) is 4. The molecular formula is C14H20N2O3. The van der Waals surface area contributed by atoms with Gasteiger partial charge in [0.05, 0.1) is 12.4 Å². The second kappa shape index (κ2) is 5.75. The Morgan fingerprint density at radius 3 is 2.79 bits per heavy atom. The van der Waals surface area contributed by atoms with E-state index in [2.05, 4.69) is 4.90 Å². The Bertz CT molecular complexity index is 404. The van der Waals surface area contributed by atoms with E-state index < -0.39 is 0 Å². The summed E-state index contributed by atoms with van der Waals surface area (Å²) < 4.78 is 10.8. The molecule has 2 aliphatic heterocycles. The fourth-order valence-corrected chi connectivity index (χ4v) is 2.77. The van der Waals surface area contributed by atoms with E-state index in [0.29, 0.717) is 11.9 Å². The molecular weight excluding hydrogens is 244 g/mol. The van der Waals surface area contributed by atoms with Crippen LogP contribution in [-0.4, -0.2) is 61.1 Å². The van der Waals surface area contributed by atoms with Crippen LogP contribution in [0, 0.1) is 0 Å². The van der Waals surface area contributed by atoms with Gasteiger partial charge in [-0.2, -0.15) is 0 Å². The standard InChI is InChI=1S/C14H20N2O3/c17-14(13-4-2-10-19-13)16-7-5-15(6-8-16)11-12-3-1-9-18-12/h2,4,10,12H,1,3,5-9,11H2/t12-/m0/s1. The van der Waals surface area contributed by atoms with Crippen LogP contribution in [0.3, 0.4) is 0 Å². The molecule has 3 rings (SSSR count). The SMILES string of the molecule is O=C(c1ccco1)N1CCN(C[C@@H]2CCCO2)CC1. The molecule has 1 aromatic heterocycles. The number of rotatable bonds is 3. The van der Waals surface area contributed by atoms with Gasteiger partial charge >= 0.3 is 0 Å². The van der Waals surface area contributed by atoms with Crippen molar-refractivity contribution in [1.29, 1.82) is 0 Å². The Morgan fingerprint density at radius 1 is 1.32 bits per heavy atom. The van der Waals surface area contributed by atoms with Gasteiger partial charge in [-0.25, -0.2) is 0 Å². The zero-order valence-corrected chi connectivity index (χ0v) is 11.1. The molecule has 19 heavy (non-hydrogen) atoms. The molecule has 2 fully saturated rings. The van der Waals surface area contributed by atoms with Gasteiger partial charge in [-0.1, -0.05) is 0 Å². The van der Waals surface area contributed by atoms with E-state index in [1.165, 1.54) is 12.8 Å². The summed E-state index contributed by atoms with van der Waals surface area (Å²) in [6.07, 6.45) is 4.29. The van der Waals surface area contributed by atoms with E-state index in [9.17, 15) is 4.79 Å². The predicted molar refractivity (Wildman–Crippen MR) is 70.0 cm³/mol. The van der Waals surface area contributed by atoms with Crippen molar-refractivity contribution in [3.8, 4) is 0 Å². The maximum Gasteiger partial charge on any atom is 0.289 e. The lowest BCUT2D eigenvalue weighted by atomic mass is 10.2. The third-order valence-corrected chi connectivity index (χ3v) is 3.88. The molecule has 0 N–H and O–H groups in total. The summed E-state index contributed by atoms with van der Waals surface area (Å²) >= 11 is 0. The van der Waals surface area contributed by atoms with Crippen LogP contribution in [-0.2, 0) is 4.74 Å². The molecule has 1 amide bonds. The smallest absolute Gasteiger partial charge is 0.289 e. The number of ether oxygens (including phenoxy) is 1. The Labute approximate surface area is 113 Å². The molecule has 0 saturated carbocycles. The van der Waals surface area contributed by atoms with Crippen LogP contribution in [0.1, 0.15) is 23.4 Å². The number of amides is 1. The largest absolute Gasteiger partial charge is 0.459 e. The minimum Gasteiger partial charge on any atom is -0.459 e. The van der Waals surface area contributed by atoms with E-state index in [-0.39, 0.29) is 5.91 Å². The third-order valence-electron chi connectivity index (χ3n) is 3.88. The van der Waals surface area contributed by atoms with Crippen molar-refractivity contribution in [3.05, 3.63) is 24.2 Å². The third kappa shape index (κ3) is 2.98. The molecule has 1 aromatic rings. The molecule has 0 unspecified atom stereocenters. The molecule has 0 bridgehead atoms. The highest BCUT2D eigenvalue weighted by Crippen LogP contribution is 2.15. The predicted octanol–water partition coefficient (Wildman–Crippen LogP) is 1.22. The fourth-order valence-electron chi connectivity index (χ4n) is 2.77. The fraction of sp³-hybridized carbons (Fsp3) is 0.643. The van der Waals surface area contributed by atoms with Crippen LogP contribution in [0.15, 0.2) is 22.8 Å². The summed E-state index contributed by atoms with van der Waals surface area (Å²) in [4.78, 5) is 16.4. The maximum atomic E-state index is 12.1. The zero-order valence-electron chi connectivity index (χ0n) is 11.1. The van der Waals surface area contributed by atoms with E-state index in [4.69, 9.17) is 9.15 Å². The highest BCUT2D eigenvalue weighted by atomic mass is 16.5. The van der Waals surface area contributed by atoms with Crippen LogP contribution in [0.5, 0.6) is 0 Å². The van der Waals surface area contributed by atoms with Gasteiger partial charge in [0.2, 0.25) is 0 Å². The van der Waals surface area contributed by atoms with Crippen molar-refractivity contribution < 1.29 is 13.9 Å². The molecule has 104 valence electrons. The Kier molecular flexibility index (Phi) is 3.84. The van der Waals surface area contributed by atoms with Gasteiger partial charge in [-0.3, -0.25) is 9.69 Å². The second-order valence-electron chi connectivity index (χ2n) is 5.21. The molecule has 2 saturated heterocycles. The molecule has 0 aliphatic carbocycles. The van der Waals surface area contributed by atoms with Crippen molar-refractivity contribution in [2.45, 2.75) is 18.9 Å². The lowest BCUT2D eigenvalue weighted by molar-refractivity contribution is 0.0417. The van der Waals surface area contributed by atoms with Gasteiger partial charge in [0.25, 0.3) is 5.91 Å². The van der Waals surface area contributed by atoms with Gasteiger partial charge < -0.3 is 14.1 Å². The van der Waals surface area contributed by atoms with Crippen LogP contribution >= 0.6 is 0 Å². The van der Waals surface area contributed by atoms with Crippen molar-refractivity contribution >= 4 is 5.91 Å². The summed E-state index contributed by atoms with van der Waals surface area (Å²) in [7, 11) is 0. The van der Waals surface area contributed by atoms with Crippen molar-refractivity contribution in [2.75, 3.05) is 39.3 Å². The van der Waals surface area contributed by atoms with E-state index in [0.717, 1.165) is 39.3 Å². The molecule has 5 nitrogen and oxygen atoms in total. The van der Waals surface area contributed by atoms with Crippen molar-refractivity contribution in [1.82, 2.24) is 9.80 Å². The van der Waals surface area contributed by atoms with Gasteiger partial charge in [0.15, 0.2) is 5.76 Å². The minimum atomic E-state index is 0.00164. The molecule has 5 heteroatoms. The number of nitrogens with zero attached hydrogens (tertiary/aromatic N) is 2. The summed E-state index contributed by atoms with van der Waals surface area (Å²) in [5.74, 6) is 0.439. The highest BCUT2D eigenvalue weighted by molar-refractivity contribution is 5.91. The lowest BCUT2D eigenvalue weighted by Gasteiger charge is -2.35. The highest BCUT2D eigenvalue weighted by Gasteiger charge is 2.26. The Hall–Kier alpha value is -1.33. The van der Waals surface area contributed by atoms with Crippen molar-refractivity contribution in [2.24, 2.45) is 0 Å². The summed E-state index contributed by atoms with van der Waals surface area (Å²) in [5, 5.41) is 0. The zero-order chi connectivity index (χ0) is 13.1. The molecule has 1 atom stereocenters. The van der Waals surface area contributed by atoms with E-state index in [1.54, 1.807) is 18.4 Å². The van der Waals surface area contributed by atoms with Crippen LogP contribution < -0.4 is 0 Å². The average Bonchev–Trinajstić information content (AvgIpc) is 3.12. The Balaban J connectivity index is 1.47. The first-order valence-corrected chi connectivity index (χ1v) is 6.99. The van der Waals surface area contributed by atoms with Gasteiger partial charge in [0.1, 0.15) is 0 Å². The maximum absolute atomic E-state index is 12.1. The summed E-state index contributed by atoms with van der Waals surface area (Å²) in [5.41, 5.74) is 0. The number of furan rings is 1. The molecule has 0 aromatic carbocycles. The van der Waals surface area contributed by atoms with E-state index >= 15 is 0 Å². The van der Waals surface area contributed by atoms with E-state index in [1.807, 2.05) is 4.90 Å². The first-order chi connectivity index (χ1) is 9.33. The number of hydrogen-bond donors (Lipinski definition) is 0. The second-order valence-corrected chi connectivity index (χ2v) is 5.21. The molecule has 2 aliphatic rings. The van der Waals surface area contributed by atoms with Crippen molar-refractivity contribution in [3.63, 3.8) is 0 Å². The summed E-state index contributed by atoms with van der Waals surface area (Å²) in [6, 6.07) is 3.47. The molecule has 0 radical (unpaired) electrons. The quantitative estimate of drug-likeness (QED) is 0.823. The first-order valence-electron chi connectivity index (χ1n) is 6.99. The Morgan fingerprint density at radius 2 is 2.16 bits per heavy atom. The topological polar surface area (TPSA) is 45.9 Å². The summed E-state index contributed by atoms with van der Waals surface area (Å²) in [6.45, 7) is 5.29. The minimum absolute atomic E-state index is 0.00164.